The van der Waals surface area contributed by atoms with E-state index in [0.717, 1.165) is 6.42 Å². The zero-order valence-corrected chi connectivity index (χ0v) is 15.2. The van der Waals surface area contributed by atoms with E-state index in [-0.39, 0.29) is 11.5 Å². The molecule has 0 aliphatic carbocycles. The third-order valence-corrected chi connectivity index (χ3v) is 4.44. The summed E-state index contributed by atoms with van der Waals surface area (Å²) >= 11 is 0. The Kier molecular flexibility index (Phi) is 6.10. The van der Waals surface area contributed by atoms with Gasteiger partial charge in [0.25, 0.3) is 0 Å². The van der Waals surface area contributed by atoms with E-state index in [1.807, 2.05) is 36.4 Å². The quantitative estimate of drug-likeness (QED) is 0.613. The smallest absolute Gasteiger partial charge is 0.335 e. The molecule has 0 aromatic heterocycles. The van der Waals surface area contributed by atoms with Crippen molar-refractivity contribution in [2.75, 3.05) is 13.7 Å². The molecule has 3 aromatic rings. The minimum atomic E-state index is -1.01. The standard InChI is InChI=1S/C23H22O4/c1-26-20-14-19(23(24)25)15-21(16-20)27-13-12-22(17-8-4-2-5-9-17)18-10-6-3-7-11-18/h2-11,14-16,22H,12-13H2,1H3,(H,24,25). The van der Waals surface area contributed by atoms with E-state index < -0.39 is 5.97 Å². The van der Waals surface area contributed by atoms with Gasteiger partial charge in [-0.1, -0.05) is 60.7 Å². The molecule has 0 spiro atoms. The predicted molar refractivity (Wildman–Crippen MR) is 105 cm³/mol. The third-order valence-electron chi connectivity index (χ3n) is 4.44. The van der Waals surface area contributed by atoms with Gasteiger partial charge in [-0.15, -0.1) is 0 Å². The molecule has 0 amide bonds. The van der Waals surface area contributed by atoms with Gasteiger partial charge in [0.1, 0.15) is 11.5 Å². The number of benzene rings is 3. The first-order chi connectivity index (χ1) is 13.2. The van der Waals surface area contributed by atoms with Gasteiger partial charge in [-0.3, -0.25) is 0 Å². The zero-order valence-electron chi connectivity index (χ0n) is 15.2. The lowest BCUT2D eigenvalue weighted by atomic mass is 9.89. The predicted octanol–water partition coefficient (Wildman–Crippen LogP) is 4.99. The summed E-state index contributed by atoms with van der Waals surface area (Å²) in [6, 6.07) is 25.3. The number of rotatable bonds is 8. The molecule has 3 rings (SSSR count). The van der Waals surface area contributed by atoms with Crippen molar-refractivity contribution in [1.82, 2.24) is 0 Å². The Hall–Kier alpha value is -3.27. The number of ether oxygens (including phenoxy) is 2. The monoisotopic (exact) mass is 362 g/mol. The molecule has 0 fully saturated rings. The Labute approximate surface area is 159 Å². The largest absolute Gasteiger partial charge is 0.497 e. The molecule has 0 atom stereocenters. The first-order valence-electron chi connectivity index (χ1n) is 8.82. The number of hydrogen-bond donors (Lipinski definition) is 1. The minimum Gasteiger partial charge on any atom is -0.497 e. The van der Waals surface area contributed by atoms with Crippen LogP contribution in [0, 0.1) is 0 Å². The molecule has 0 saturated heterocycles. The normalized spacial score (nSPS) is 10.6. The van der Waals surface area contributed by atoms with Gasteiger partial charge in [0.2, 0.25) is 0 Å². The maximum atomic E-state index is 11.3. The summed E-state index contributed by atoms with van der Waals surface area (Å²) in [4.78, 5) is 11.3. The second-order valence-corrected chi connectivity index (χ2v) is 6.21. The molecule has 0 aliphatic rings. The molecule has 0 aliphatic heterocycles. The van der Waals surface area contributed by atoms with E-state index in [1.165, 1.54) is 30.4 Å². The summed E-state index contributed by atoms with van der Waals surface area (Å²) in [6.45, 7) is 0.459. The molecular weight excluding hydrogens is 340 g/mol. The topological polar surface area (TPSA) is 55.8 Å². The van der Waals surface area contributed by atoms with Crippen molar-refractivity contribution < 1.29 is 19.4 Å². The summed E-state index contributed by atoms with van der Waals surface area (Å²) in [5, 5.41) is 9.23. The van der Waals surface area contributed by atoms with E-state index >= 15 is 0 Å². The number of carbonyl (C=O) groups is 1. The lowest BCUT2D eigenvalue weighted by molar-refractivity contribution is 0.0696. The van der Waals surface area contributed by atoms with Crippen molar-refractivity contribution in [3.05, 3.63) is 95.6 Å². The Balaban J connectivity index is 1.75. The highest BCUT2D eigenvalue weighted by Crippen LogP contribution is 2.29. The fraction of sp³-hybridized carbons (Fsp3) is 0.174. The number of carboxylic acid groups (broad SMARTS) is 1. The molecule has 0 radical (unpaired) electrons. The third kappa shape index (κ3) is 4.88. The van der Waals surface area contributed by atoms with Gasteiger partial charge < -0.3 is 14.6 Å². The van der Waals surface area contributed by atoms with Crippen LogP contribution >= 0.6 is 0 Å². The van der Waals surface area contributed by atoms with Crippen LogP contribution in [-0.4, -0.2) is 24.8 Å². The number of aromatic carboxylic acids is 1. The molecule has 0 bridgehead atoms. The van der Waals surface area contributed by atoms with Crippen LogP contribution in [0.25, 0.3) is 0 Å². The van der Waals surface area contributed by atoms with E-state index in [0.29, 0.717) is 18.1 Å². The summed E-state index contributed by atoms with van der Waals surface area (Å²) in [6.07, 6.45) is 0.771. The number of hydrogen-bond acceptors (Lipinski definition) is 3. The molecule has 4 nitrogen and oxygen atoms in total. The Morgan fingerprint density at radius 1 is 0.889 bits per heavy atom. The molecule has 4 heteroatoms. The molecule has 0 heterocycles. The van der Waals surface area contributed by atoms with Gasteiger partial charge in [0, 0.05) is 12.0 Å². The second kappa shape index (κ2) is 8.90. The van der Waals surface area contributed by atoms with Crippen LogP contribution in [0.15, 0.2) is 78.9 Å². The van der Waals surface area contributed by atoms with Crippen LogP contribution in [-0.2, 0) is 0 Å². The van der Waals surface area contributed by atoms with Gasteiger partial charge in [-0.2, -0.15) is 0 Å². The number of carboxylic acids is 1. The SMILES string of the molecule is COc1cc(OCCC(c2ccccc2)c2ccccc2)cc(C(=O)O)c1. The summed E-state index contributed by atoms with van der Waals surface area (Å²) in [5.74, 6) is 0.154. The Bertz CT molecular complexity index is 836. The number of methoxy groups -OCH3 is 1. The minimum absolute atomic E-state index is 0.145. The van der Waals surface area contributed by atoms with Crippen molar-refractivity contribution in [3.63, 3.8) is 0 Å². The van der Waals surface area contributed by atoms with Gasteiger partial charge in [-0.05, 0) is 29.7 Å². The molecule has 0 unspecified atom stereocenters. The van der Waals surface area contributed by atoms with Crippen LogP contribution < -0.4 is 9.47 Å². The van der Waals surface area contributed by atoms with Crippen molar-refractivity contribution in [3.8, 4) is 11.5 Å². The van der Waals surface area contributed by atoms with Crippen molar-refractivity contribution in [1.29, 1.82) is 0 Å². The summed E-state index contributed by atoms with van der Waals surface area (Å²) < 4.78 is 11.0. The lowest BCUT2D eigenvalue weighted by Gasteiger charge is -2.18. The highest BCUT2D eigenvalue weighted by molar-refractivity contribution is 5.88. The fourth-order valence-electron chi connectivity index (χ4n) is 3.09. The maximum absolute atomic E-state index is 11.3. The maximum Gasteiger partial charge on any atom is 0.335 e. The van der Waals surface area contributed by atoms with Gasteiger partial charge >= 0.3 is 5.97 Å². The molecule has 0 saturated carbocycles. The molecular formula is C23H22O4. The van der Waals surface area contributed by atoms with Crippen LogP contribution in [0.3, 0.4) is 0 Å². The average molecular weight is 362 g/mol. The fourth-order valence-corrected chi connectivity index (χ4v) is 3.09. The average Bonchev–Trinajstić information content (AvgIpc) is 2.72. The van der Waals surface area contributed by atoms with Gasteiger partial charge in [-0.25, -0.2) is 4.79 Å². The summed E-state index contributed by atoms with van der Waals surface area (Å²) in [7, 11) is 1.51. The summed E-state index contributed by atoms with van der Waals surface area (Å²) in [5.41, 5.74) is 2.60. The highest BCUT2D eigenvalue weighted by Gasteiger charge is 2.15. The van der Waals surface area contributed by atoms with Crippen molar-refractivity contribution in [2.45, 2.75) is 12.3 Å². The van der Waals surface area contributed by atoms with E-state index in [9.17, 15) is 9.90 Å². The van der Waals surface area contributed by atoms with E-state index in [2.05, 4.69) is 24.3 Å². The van der Waals surface area contributed by atoms with Gasteiger partial charge in [0.05, 0.1) is 19.3 Å². The van der Waals surface area contributed by atoms with Crippen LogP contribution in [0.5, 0.6) is 11.5 Å². The highest BCUT2D eigenvalue weighted by atomic mass is 16.5. The van der Waals surface area contributed by atoms with Crippen molar-refractivity contribution >= 4 is 5.97 Å². The lowest BCUT2D eigenvalue weighted by Crippen LogP contribution is -2.08. The van der Waals surface area contributed by atoms with Crippen molar-refractivity contribution in [2.24, 2.45) is 0 Å². The van der Waals surface area contributed by atoms with Crippen LogP contribution in [0.2, 0.25) is 0 Å². The Morgan fingerprint density at radius 3 is 1.96 bits per heavy atom. The molecule has 27 heavy (non-hydrogen) atoms. The second-order valence-electron chi connectivity index (χ2n) is 6.21. The molecule has 3 aromatic carbocycles. The van der Waals surface area contributed by atoms with E-state index in [1.54, 1.807) is 6.07 Å². The zero-order chi connectivity index (χ0) is 19.1. The molecule has 138 valence electrons. The Morgan fingerprint density at radius 2 is 1.44 bits per heavy atom. The first-order valence-corrected chi connectivity index (χ1v) is 8.82. The van der Waals surface area contributed by atoms with Gasteiger partial charge in [0.15, 0.2) is 0 Å². The van der Waals surface area contributed by atoms with E-state index in [4.69, 9.17) is 9.47 Å². The van der Waals surface area contributed by atoms with Crippen LogP contribution in [0.1, 0.15) is 33.8 Å². The molecule has 1 N–H and O–H groups in total. The first kappa shape index (κ1) is 18.5. The van der Waals surface area contributed by atoms with Crippen LogP contribution in [0.4, 0.5) is 0 Å².